The van der Waals surface area contributed by atoms with Gasteiger partial charge in [0.25, 0.3) is 0 Å². The van der Waals surface area contributed by atoms with Crippen LogP contribution < -0.4 is 5.32 Å². The van der Waals surface area contributed by atoms with Crippen LogP contribution in [-0.2, 0) is 9.53 Å². The molecule has 1 aliphatic carbocycles. The summed E-state index contributed by atoms with van der Waals surface area (Å²) in [4.78, 5) is 15.1. The first-order valence-corrected chi connectivity index (χ1v) is 7.74. The fourth-order valence-electron chi connectivity index (χ4n) is 3.78. The van der Waals surface area contributed by atoms with Crippen molar-refractivity contribution >= 4 is 5.97 Å². The van der Waals surface area contributed by atoms with Crippen molar-refractivity contribution in [2.45, 2.75) is 45.6 Å². The summed E-state index contributed by atoms with van der Waals surface area (Å²) in [5.74, 6) is 1.01. The van der Waals surface area contributed by atoms with Crippen LogP contribution in [0.25, 0.3) is 0 Å². The summed E-state index contributed by atoms with van der Waals surface area (Å²) < 4.78 is 5.46. The molecule has 3 atom stereocenters. The predicted molar refractivity (Wildman–Crippen MR) is 76.0 cm³/mol. The van der Waals surface area contributed by atoms with Crippen LogP contribution in [0.15, 0.2) is 0 Å². The molecule has 0 bridgehead atoms. The van der Waals surface area contributed by atoms with E-state index in [0.717, 1.165) is 39.0 Å². The quantitative estimate of drug-likeness (QED) is 0.790. The minimum atomic E-state index is -0.379. The number of hydrogen-bond acceptors (Lipinski definition) is 4. The minimum absolute atomic E-state index is 0.0101. The number of ether oxygens (including phenoxy) is 1. The number of esters is 1. The smallest absolute Gasteiger partial charge is 0.326 e. The summed E-state index contributed by atoms with van der Waals surface area (Å²) in [6.07, 6.45) is 3.31. The predicted octanol–water partition coefficient (Wildman–Crippen LogP) is 1.65. The highest BCUT2D eigenvalue weighted by Gasteiger charge is 2.52. The van der Waals surface area contributed by atoms with Crippen molar-refractivity contribution in [3.63, 3.8) is 0 Å². The molecule has 0 spiro atoms. The van der Waals surface area contributed by atoms with Crippen molar-refractivity contribution in [1.29, 1.82) is 0 Å². The molecular weight excluding hydrogens is 240 g/mol. The summed E-state index contributed by atoms with van der Waals surface area (Å²) in [6.45, 7) is 10.7. The second-order valence-corrected chi connectivity index (χ2v) is 6.17. The maximum atomic E-state index is 12.7. The van der Waals surface area contributed by atoms with E-state index in [-0.39, 0.29) is 11.5 Å². The average molecular weight is 268 g/mol. The summed E-state index contributed by atoms with van der Waals surface area (Å²) in [6, 6.07) is 0. The van der Waals surface area contributed by atoms with Crippen molar-refractivity contribution in [1.82, 2.24) is 10.2 Å². The Bertz CT molecular complexity index is 315. The zero-order chi connectivity index (χ0) is 13.9. The number of rotatable bonds is 3. The maximum Gasteiger partial charge on any atom is 0.326 e. The molecule has 19 heavy (non-hydrogen) atoms. The van der Waals surface area contributed by atoms with Crippen LogP contribution in [0.5, 0.6) is 0 Å². The van der Waals surface area contributed by atoms with Crippen molar-refractivity contribution < 1.29 is 9.53 Å². The summed E-state index contributed by atoms with van der Waals surface area (Å²) >= 11 is 0. The van der Waals surface area contributed by atoms with E-state index in [2.05, 4.69) is 24.1 Å². The Kier molecular flexibility index (Phi) is 4.85. The van der Waals surface area contributed by atoms with Crippen LogP contribution in [0.2, 0.25) is 0 Å². The molecule has 1 saturated heterocycles. The maximum absolute atomic E-state index is 12.7. The Morgan fingerprint density at radius 1 is 1.32 bits per heavy atom. The van der Waals surface area contributed by atoms with Gasteiger partial charge < -0.3 is 10.1 Å². The molecule has 0 aromatic carbocycles. The summed E-state index contributed by atoms with van der Waals surface area (Å²) in [7, 11) is 0. The van der Waals surface area contributed by atoms with Crippen LogP contribution in [-0.4, -0.2) is 49.2 Å². The molecule has 1 aliphatic heterocycles. The summed E-state index contributed by atoms with van der Waals surface area (Å²) in [5, 5.41) is 3.37. The van der Waals surface area contributed by atoms with E-state index >= 15 is 0 Å². The Balaban J connectivity index is 2.27. The van der Waals surface area contributed by atoms with Gasteiger partial charge >= 0.3 is 5.97 Å². The highest BCUT2D eigenvalue weighted by molar-refractivity contribution is 5.81. The lowest BCUT2D eigenvalue weighted by molar-refractivity contribution is -0.167. The molecule has 0 aromatic rings. The number of carbonyl (C=O) groups excluding carboxylic acids is 1. The third kappa shape index (κ3) is 2.79. The molecule has 1 heterocycles. The molecule has 4 nitrogen and oxygen atoms in total. The molecule has 2 fully saturated rings. The highest BCUT2D eigenvalue weighted by atomic mass is 16.5. The highest BCUT2D eigenvalue weighted by Crippen LogP contribution is 2.42. The Hall–Kier alpha value is -0.610. The monoisotopic (exact) mass is 268 g/mol. The molecule has 0 radical (unpaired) electrons. The zero-order valence-electron chi connectivity index (χ0n) is 12.6. The van der Waals surface area contributed by atoms with Gasteiger partial charge in [-0.25, -0.2) is 0 Å². The average Bonchev–Trinajstić information content (AvgIpc) is 2.42. The van der Waals surface area contributed by atoms with Crippen LogP contribution in [0.3, 0.4) is 0 Å². The van der Waals surface area contributed by atoms with Crippen molar-refractivity contribution in [3.05, 3.63) is 0 Å². The number of carbonyl (C=O) groups is 1. The standard InChI is InChI=1S/C15H28N2O2/c1-4-19-14(18)15(17-9-7-16-8-10-17)11-12(2)5-6-13(15)3/h12-13,16H,4-11H2,1-3H3. The van der Waals surface area contributed by atoms with Crippen molar-refractivity contribution in [3.8, 4) is 0 Å². The Morgan fingerprint density at radius 3 is 2.63 bits per heavy atom. The molecule has 0 amide bonds. The molecule has 1 saturated carbocycles. The molecule has 2 rings (SSSR count). The van der Waals surface area contributed by atoms with E-state index in [9.17, 15) is 4.79 Å². The van der Waals surface area contributed by atoms with E-state index in [0.29, 0.717) is 18.4 Å². The van der Waals surface area contributed by atoms with E-state index in [1.807, 2.05) is 6.92 Å². The Morgan fingerprint density at radius 2 is 2.00 bits per heavy atom. The van der Waals surface area contributed by atoms with Gasteiger partial charge in [-0.1, -0.05) is 20.3 Å². The fourth-order valence-corrected chi connectivity index (χ4v) is 3.78. The van der Waals surface area contributed by atoms with E-state index in [4.69, 9.17) is 4.74 Å². The first-order chi connectivity index (χ1) is 9.11. The molecular formula is C15H28N2O2. The molecule has 3 unspecified atom stereocenters. The SMILES string of the molecule is CCOC(=O)C1(N2CCNCC2)CC(C)CCC1C. The van der Waals surface area contributed by atoms with E-state index < -0.39 is 0 Å². The minimum Gasteiger partial charge on any atom is -0.465 e. The second kappa shape index (κ2) is 6.23. The van der Waals surface area contributed by atoms with Crippen molar-refractivity contribution in [2.75, 3.05) is 32.8 Å². The normalized spacial score (nSPS) is 37.0. The van der Waals surface area contributed by atoms with Gasteiger partial charge in [0.1, 0.15) is 5.54 Å². The van der Waals surface area contributed by atoms with Gasteiger partial charge in [0, 0.05) is 26.2 Å². The lowest BCUT2D eigenvalue weighted by atomic mass is 9.68. The summed E-state index contributed by atoms with van der Waals surface area (Å²) in [5.41, 5.74) is -0.379. The topological polar surface area (TPSA) is 41.6 Å². The third-order valence-corrected chi connectivity index (χ3v) is 4.88. The van der Waals surface area contributed by atoms with Gasteiger partial charge in [0.2, 0.25) is 0 Å². The van der Waals surface area contributed by atoms with Gasteiger partial charge in [-0.2, -0.15) is 0 Å². The zero-order valence-corrected chi connectivity index (χ0v) is 12.6. The van der Waals surface area contributed by atoms with Gasteiger partial charge in [0.15, 0.2) is 0 Å². The molecule has 0 aromatic heterocycles. The Labute approximate surface area is 116 Å². The first-order valence-electron chi connectivity index (χ1n) is 7.74. The first kappa shape index (κ1) is 14.8. The number of nitrogens with zero attached hydrogens (tertiary/aromatic N) is 1. The van der Waals surface area contributed by atoms with Gasteiger partial charge in [-0.3, -0.25) is 9.69 Å². The lowest BCUT2D eigenvalue weighted by Crippen LogP contribution is -2.65. The van der Waals surface area contributed by atoms with Gasteiger partial charge in [0.05, 0.1) is 6.61 Å². The molecule has 1 N–H and O–H groups in total. The van der Waals surface area contributed by atoms with Crippen molar-refractivity contribution in [2.24, 2.45) is 11.8 Å². The van der Waals surface area contributed by atoms with Crippen LogP contribution in [0.4, 0.5) is 0 Å². The van der Waals surface area contributed by atoms with Gasteiger partial charge in [-0.05, 0) is 31.6 Å². The number of piperazine rings is 1. The third-order valence-electron chi connectivity index (χ3n) is 4.88. The fraction of sp³-hybridized carbons (Fsp3) is 0.933. The van der Waals surface area contributed by atoms with Crippen LogP contribution >= 0.6 is 0 Å². The number of hydrogen-bond donors (Lipinski definition) is 1. The number of nitrogens with one attached hydrogen (secondary N) is 1. The largest absolute Gasteiger partial charge is 0.465 e. The van der Waals surface area contributed by atoms with E-state index in [1.54, 1.807) is 0 Å². The molecule has 2 aliphatic rings. The van der Waals surface area contributed by atoms with Crippen LogP contribution in [0, 0.1) is 11.8 Å². The molecule has 110 valence electrons. The molecule has 4 heteroatoms. The second-order valence-electron chi connectivity index (χ2n) is 6.17. The van der Waals surface area contributed by atoms with Gasteiger partial charge in [-0.15, -0.1) is 0 Å². The van der Waals surface area contributed by atoms with Crippen LogP contribution in [0.1, 0.15) is 40.0 Å². The lowest BCUT2D eigenvalue weighted by Gasteiger charge is -2.51. The van der Waals surface area contributed by atoms with E-state index in [1.165, 1.54) is 6.42 Å².